The van der Waals surface area contributed by atoms with Gasteiger partial charge in [-0.2, -0.15) is 0 Å². The summed E-state index contributed by atoms with van der Waals surface area (Å²) >= 11 is 1.42. The fraction of sp³-hybridized carbons (Fsp3) is 0.350. The number of carbonyl (C=O) groups is 2. The van der Waals surface area contributed by atoms with E-state index in [2.05, 4.69) is 27.0 Å². The smallest absolute Gasteiger partial charge is 0.229 e. The van der Waals surface area contributed by atoms with Crippen molar-refractivity contribution < 1.29 is 9.59 Å². The van der Waals surface area contributed by atoms with Crippen LogP contribution in [0.5, 0.6) is 0 Å². The van der Waals surface area contributed by atoms with Crippen LogP contribution >= 0.6 is 11.3 Å². The van der Waals surface area contributed by atoms with E-state index in [9.17, 15) is 9.59 Å². The van der Waals surface area contributed by atoms with Gasteiger partial charge in [-0.3, -0.25) is 9.59 Å². The van der Waals surface area contributed by atoms with E-state index in [1.54, 1.807) is 6.20 Å². The van der Waals surface area contributed by atoms with Crippen LogP contribution in [0.25, 0.3) is 10.9 Å². The first-order chi connectivity index (χ1) is 13.1. The highest BCUT2D eigenvalue weighted by Crippen LogP contribution is 2.24. The van der Waals surface area contributed by atoms with Gasteiger partial charge in [0.05, 0.1) is 6.42 Å². The summed E-state index contributed by atoms with van der Waals surface area (Å²) in [7, 11) is 2.00. The van der Waals surface area contributed by atoms with Crippen LogP contribution in [0.2, 0.25) is 0 Å². The number of benzene rings is 1. The molecule has 1 aliphatic rings. The number of hydrogen-bond donors (Lipinski definition) is 1. The van der Waals surface area contributed by atoms with E-state index < -0.39 is 0 Å². The normalized spacial score (nSPS) is 15.2. The predicted octanol–water partition coefficient (Wildman–Crippen LogP) is 3.05. The van der Waals surface area contributed by atoms with Gasteiger partial charge in [0, 0.05) is 54.7 Å². The molecule has 7 heteroatoms. The van der Waals surface area contributed by atoms with Crippen LogP contribution in [0.3, 0.4) is 0 Å². The average Bonchev–Trinajstić information content (AvgIpc) is 3.30. The fourth-order valence-corrected chi connectivity index (χ4v) is 4.26. The Kier molecular flexibility index (Phi) is 4.94. The molecule has 1 saturated heterocycles. The van der Waals surface area contributed by atoms with Gasteiger partial charge in [-0.1, -0.05) is 18.2 Å². The zero-order valence-electron chi connectivity index (χ0n) is 15.2. The van der Waals surface area contributed by atoms with Gasteiger partial charge in [-0.15, -0.1) is 11.3 Å². The molecule has 140 valence electrons. The third-order valence-electron chi connectivity index (χ3n) is 5.20. The van der Waals surface area contributed by atoms with Crippen LogP contribution in [0.15, 0.2) is 42.0 Å². The van der Waals surface area contributed by atoms with Gasteiger partial charge < -0.3 is 14.8 Å². The highest BCUT2D eigenvalue weighted by Gasteiger charge is 2.28. The fourth-order valence-electron chi connectivity index (χ4n) is 3.72. The molecule has 1 fully saturated rings. The lowest BCUT2D eigenvalue weighted by molar-refractivity contribution is -0.133. The number of piperidine rings is 1. The minimum absolute atomic E-state index is 0.00565. The second-order valence-corrected chi connectivity index (χ2v) is 7.84. The first kappa shape index (κ1) is 17.7. The monoisotopic (exact) mass is 382 g/mol. The minimum Gasteiger partial charge on any atom is -0.350 e. The molecule has 6 nitrogen and oxygen atoms in total. The summed E-state index contributed by atoms with van der Waals surface area (Å²) in [5.41, 5.74) is 2.19. The Labute approximate surface area is 161 Å². The number of nitrogens with one attached hydrogen (secondary N) is 1. The number of anilines is 1. The molecule has 0 aliphatic carbocycles. The molecule has 1 aromatic carbocycles. The Morgan fingerprint density at radius 3 is 2.78 bits per heavy atom. The molecule has 2 amide bonds. The van der Waals surface area contributed by atoms with Crippen molar-refractivity contribution in [3.8, 4) is 0 Å². The number of aryl methyl sites for hydroxylation is 1. The van der Waals surface area contributed by atoms with Crippen molar-refractivity contribution in [2.45, 2.75) is 19.3 Å². The van der Waals surface area contributed by atoms with E-state index in [0.717, 1.165) is 16.5 Å². The van der Waals surface area contributed by atoms with Crippen LogP contribution < -0.4 is 5.32 Å². The van der Waals surface area contributed by atoms with Crippen LogP contribution in [-0.2, 0) is 23.1 Å². The average molecular weight is 382 g/mol. The van der Waals surface area contributed by atoms with E-state index >= 15 is 0 Å². The largest absolute Gasteiger partial charge is 0.350 e. The number of thiazole rings is 1. The zero-order chi connectivity index (χ0) is 18.8. The van der Waals surface area contributed by atoms with E-state index in [0.29, 0.717) is 37.5 Å². The van der Waals surface area contributed by atoms with Gasteiger partial charge >= 0.3 is 0 Å². The van der Waals surface area contributed by atoms with Crippen molar-refractivity contribution in [2.24, 2.45) is 13.0 Å². The topological polar surface area (TPSA) is 67.2 Å². The lowest BCUT2D eigenvalue weighted by Crippen LogP contribution is -2.42. The maximum atomic E-state index is 12.8. The third-order valence-corrected chi connectivity index (χ3v) is 5.89. The van der Waals surface area contributed by atoms with Crippen molar-refractivity contribution in [1.29, 1.82) is 0 Å². The summed E-state index contributed by atoms with van der Waals surface area (Å²) in [6, 6.07) is 8.14. The Morgan fingerprint density at radius 1 is 1.26 bits per heavy atom. The van der Waals surface area contributed by atoms with E-state index in [4.69, 9.17) is 0 Å². The van der Waals surface area contributed by atoms with Crippen molar-refractivity contribution in [3.05, 3.63) is 47.6 Å². The number of hydrogen-bond acceptors (Lipinski definition) is 4. The molecule has 2 aromatic heterocycles. The third kappa shape index (κ3) is 3.73. The minimum atomic E-state index is -0.0597. The lowest BCUT2D eigenvalue weighted by Gasteiger charge is -2.31. The summed E-state index contributed by atoms with van der Waals surface area (Å²) in [6.45, 7) is 1.25. The molecule has 3 aromatic rings. The zero-order valence-corrected chi connectivity index (χ0v) is 16.0. The molecule has 0 atom stereocenters. The van der Waals surface area contributed by atoms with Gasteiger partial charge in [-0.05, 0) is 24.5 Å². The lowest BCUT2D eigenvalue weighted by atomic mass is 9.95. The molecule has 0 radical (unpaired) electrons. The number of amides is 2. The Morgan fingerprint density at radius 2 is 2.04 bits per heavy atom. The predicted molar refractivity (Wildman–Crippen MR) is 107 cm³/mol. The number of rotatable bonds is 4. The quantitative estimate of drug-likeness (QED) is 0.754. The number of nitrogens with zero attached hydrogens (tertiary/aromatic N) is 3. The summed E-state index contributed by atoms with van der Waals surface area (Å²) in [4.78, 5) is 31.1. The van der Waals surface area contributed by atoms with Crippen LogP contribution in [-0.4, -0.2) is 39.4 Å². The number of fused-ring (bicyclic) bond motifs is 1. The molecule has 0 unspecified atom stereocenters. The van der Waals surface area contributed by atoms with Crippen LogP contribution in [0, 0.1) is 5.92 Å². The molecule has 27 heavy (non-hydrogen) atoms. The Balaban J connectivity index is 1.35. The number of carbonyl (C=O) groups excluding carboxylic acids is 2. The Bertz CT molecular complexity index is 956. The number of aromatic nitrogens is 2. The first-order valence-corrected chi connectivity index (χ1v) is 10.0. The standard InChI is InChI=1S/C20H22N4O2S/c1-23-13-15(16-4-2-3-5-17(16)23)12-18(25)24-9-6-14(7-10-24)19(26)22-20-21-8-11-27-20/h2-5,8,11,13-14H,6-7,9-10,12H2,1H3,(H,21,22,26). The molecule has 1 N–H and O–H groups in total. The molecule has 1 aliphatic heterocycles. The summed E-state index contributed by atoms with van der Waals surface area (Å²) < 4.78 is 2.06. The summed E-state index contributed by atoms with van der Waals surface area (Å²) in [5, 5.41) is 6.46. The van der Waals surface area contributed by atoms with Crippen LogP contribution in [0.4, 0.5) is 5.13 Å². The van der Waals surface area contributed by atoms with Crippen LogP contribution in [0.1, 0.15) is 18.4 Å². The van der Waals surface area contributed by atoms with E-state index in [1.165, 1.54) is 11.3 Å². The second kappa shape index (κ2) is 7.52. The molecule has 0 spiro atoms. The number of likely N-dealkylation sites (tertiary alicyclic amines) is 1. The molecular formula is C20H22N4O2S. The van der Waals surface area contributed by atoms with Gasteiger partial charge in [-0.25, -0.2) is 4.98 Å². The highest BCUT2D eigenvalue weighted by molar-refractivity contribution is 7.13. The molecule has 3 heterocycles. The molecule has 0 bridgehead atoms. The first-order valence-electron chi connectivity index (χ1n) is 9.13. The van der Waals surface area contributed by atoms with Gasteiger partial charge in [0.25, 0.3) is 0 Å². The van der Waals surface area contributed by atoms with Gasteiger partial charge in [0.1, 0.15) is 0 Å². The molecular weight excluding hydrogens is 360 g/mol. The van der Waals surface area contributed by atoms with Crippen molar-refractivity contribution >= 4 is 39.2 Å². The maximum Gasteiger partial charge on any atom is 0.229 e. The summed E-state index contributed by atoms with van der Waals surface area (Å²) in [6.07, 6.45) is 5.50. The maximum absolute atomic E-state index is 12.8. The van der Waals surface area contributed by atoms with E-state index in [-0.39, 0.29) is 17.7 Å². The number of para-hydroxylation sites is 1. The molecule has 0 saturated carbocycles. The van der Waals surface area contributed by atoms with Crippen molar-refractivity contribution in [3.63, 3.8) is 0 Å². The van der Waals surface area contributed by atoms with E-state index in [1.807, 2.05) is 35.7 Å². The second-order valence-electron chi connectivity index (χ2n) is 6.94. The summed E-state index contributed by atoms with van der Waals surface area (Å²) in [5.74, 6) is 0.0757. The van der Waals surface area contributed by atoms with Gasteiger partial charge in [0.2, 0.25) is 11.8 Å². The Hall–Kier alpha value is -2.67. The van der Waals surface area contributed by atoms with Crippen molar-refractivity contribution in [2.75, 3.05) is 18.4 Å². The van der Waals surface area contributed by atoms with Crippen molar-refractivity contribution in [1.82, 2.24) is 14.5 Å². The molecule has 4 rings (SSSR count). The highest BCUT2D eigenvalue weighted by atomic mass is 32.1. The van der Waals surface area contributed by atoms with Gasteiger partial charge in [0.15, 0.2) is 5.13 Å². The SMILES string of the molecule is Cn1cc(CC(=O)N2CCC(C(=O)Nc3nccs3)CC2)c2ccccc21.